The lowest BCUT2D eigenvalue weighted by molar-refractivity contribution is 0.372. The van der Waals surface area contributed by atoms with E-state index >= 15 is 0 Å². The number of hydrogen-bond donors (Lipinski definition) is 1. The van der Waals surface area contributed by atoms with E-state index in [0.717, 1.165) is 23.9 Å². The smallest absolute Gasteiger partial charge is 0.228 e. The fraction of sp³-hybridized carbons (Fsp3) is 0.500. The van der Waals surface area contributed by atoms with Gasteiger partial charge in [0, 0.05) is 32.5 Å². The van der Waals surface area contributed by atoms with Gasteiger partial charge in [0.15, 0.2) is 11.8 Å². The highest BCUT2D eigenvalue weighted by molar-refractivity contribution is 5.79. The molecular formula is C18H26FN5O. The Morgan fingerprint density at radius 3 is 2.64 bits per heavy atom. The lowest BCUT2D eigenvalue weighted by atomic mass is 10.2. The lowest BCUT2D eigenvalue weighted by Gasteiger charge is -2.22. The molecule has 0 radical (unpaired) electrons. The summed E-state index contributed by atoms with van der Waals surface area (Å²) >= 11 is 0. The second kappa shape index (κ2) is 9.15. The minimum atomic E-state index is -0.229. The summed E-state index contributed by atoms with van der Waals surface area (Å²) in [5.41, 5.74) is 1.02. The minimum absolute atomic E-state index is 0.229. The van der Waals surface area contributed by atoms with Crippen molar-refractivity contribution in [3.8, 4) is 0 Å². The third-order valence-corrected chi connectivity index (χ3v) is 3.62. The molecule has 0 amide bonds. The Kier molecular flexibility index (Phi) is 6.91. The Hall–Kier alpha value is -2.44. The minimum Gasteiger partial charge on any atom is -0.357 e. The van der Waals surface area contributed by atoms with Crippen LogP contribution < -0.4 is 5.32 Å². The summed E-state index contributed by atoms with van der Waals surface area (Å²) in [5, 5.41) is 7.22. The predicted octanol–water partition coefficient (Wildman–Crippen LogP) is 2.97. The van der Waals surface area contributed by atoms with E-state index in [1.807, 2.05) is 32.7 Å². The largest absolute Gasteiger partial charge is 0.357 e. The molecule has 7 heteroatoms. The first-order valence-electron chi connectivity index (χ1n) is 8.56. The van der Waals surface area contributed by atoms with Gasteiger partial charge in [-0.05, 0) is 24.6 Å². The zero-order valence-electron chi connectivity index (χ0n) is 15.3. The van der Waals surface area contributed by atoms with Gasteiger partial charge in [-0.3, -0.25) is 4.99 Å². The summed E-state index contributed by atoms with van der Waals surface area (Å²) in [5.74, 6) is 2.13. The van der Waals surface area contributed by atoms with Crippen LogP contribution in [0, 0.1) is 5.82 Å². The van der Waals surface area contributed by atoms with E-state index in [1.54, 1.807) is 12.1 Å². The second-order valence-electron chi connectivity index (χ2n) is 6.17. The number of aromatic nitrogens is 2. The Labute approximate surface area is 148 Å². The van der Waals surface area contributed by atoms with Crippen molar-refractivity contribution in [2.75, 3.05) is 20.1 Å². The van der Waals surface area contributed by atoms with Crippen LogP contribution in [0.1, 0.15) is 44.0 Å². The number of benzene rings is 1. The van der Waals surface area contributed by atoms with Crippen LogP contribution in [-0.4, -0.2) is 41.1 Å². The van der Waals surface area contributed by atoms with Gasteiger partial charge in [0.2, 0.25) is 5.89 Å². The third kappa shape index (κ3) is 5.85. The average molecular weight is 347 g/mol. The topological polar surface area (TPSA) is 66.5 Å². The van der Waals surface area contributed by atoms with Gasteiger partial charge in [-0.15, -0.1) is 0 Å². The zero-order valence-corrected chi connectivity index (χ0v) is 15.3. The van der Waals surface area contributed by atoms with Gasteiger partial charge in [-0.2, -0.15) is 4.98 Å². The quantitative estimate of drug-likeness (QED) is 0.616. The van der Waals surface area contributed by atoms with E-state index in [2.05, 4.69) is 20.4 Å². The molecule has 0 saturated heterocycles. The van der Waals surface area contributed by atoms with Crippen LogP contribution in [0.25, 0.3) is 0 Å². The van der Waals surface area contributed by atoms with Gasteiger partial charge in [0.1, 0.15) is 5.82 Å². The molecule has 0 aliphatic carbocycles. The monoisotopic (exact) mass is 347 g/mol. The van der Waals surface area contributed by atoms with Crippen molar-refractivity contribution in [3.05, 3.63) is 47.4 Å². The predicted molar refractivity (Wildman–Crippen MR) is 95.9 cm³/mol. The van der Waals surface area contributed by atoms with Gasteiger partial charge in [0.25, 0.3) is 0 Å². The molecule has 0 saturated carbocycles. The van der Waals surface area contributed by atoms with Crippen molar-refractivity contribution in [2.24, 2.45) is 4.99 Å². The van der Waals surface area contributed by atoms with Crippen molar-refractivity contribution in [1.29, 1.82) is 0 Å². The van der Waals surface area contributed by atoms with Crippen molar-refractivity contribution >= 4 is 5.96 Å². The number of rotatable bonds is 7. The molecular weight excluding hydrogens is 321 g/mol. The highest BCUT2D eigenvalue weighted by Gasteiger charge is 2.10. The van der Waals surface area contributed by atoms with E-state index < -0.39 is 0 Å². The Bertz CT molecular complexity index is 681. The molecule has 2 rings (SSSR count). The van der Waals surface area contributed by atoms with Crippen LogP contribution in [0.3, 0.4) is 0 Å². The number of aliphatic imine (C=N–C) groups is 1. The van der Waals surface area contributed by atoms with Gasteiger partial charge in [0.05, 0.1) is 6.54 Å². The molecule has 0 bridgehead atoms. The average Bonchev–Trinajstić information content (AvgIpc) is 3.05. The standard InChI is InChI=1S/C18H26FN5O/c1-5-20-18(24(4)12-14-6-8-15(19)9-7-14)21-11-10-16-22-17(13(2)3)23-25-16/h6-9,13H,5,10-12H2,1-4H3,(H,20,21). The Morgan fingerprint density at radius 2 is 2.04 bits per heavy atom. The van der Waals surface area contributed by atoms with E-state index in [9.17, 15) is 4.39 Å². The number of hydrogen-bond acceptors (Lipinski definition) is 4. The first-order valence-corrected chi connectivity index (χ1v) is 8.56. The molecule has 0 unspecified atom stereocenters. The molecule has 2 aromatic rings. The number of nitrogens with zero attached hydrogens (tertiary/aromatic N) is 4. The van der Waals surface area contributed by atoms with Crippen LogP contribution in [0.4, 0.5) is 4.39 Å². The van der Waals surface area contributed by atoms with Crippen molar-refractivity contribution in [1.82, 2.24) is 20.4 Å². The van der Waals surface area contributed by atoms with Gasteiger partial charge >= 0.3 is 0 Å². The van der Waals surface area contributed by atoms with E-state index in [1.165, 1.54) is 12.1 Å². The van der Waals surface area contributed by atoms with Gasteiger partial charge in [-0.25, -0.2) is 4.39 Å². The highest BCUT2D eigenvalue weighted by Crippen LogP contribution is 2.10. The maximum absolute atomic E-state index is 13.0. The molecule has 0 atom stereocenters. The Balaban J connectivity index is 1.95. The molecule has 6 nitrogen and oxygen atoms in total. The third-order valence-electron chi connectivity index (χ3n) is 3.62. The lowest BCUT2D eigenvalue weighted by Crippen LogP contribution is -2.38. The van der Waals surface area contributed by atoms with Crippen LogP contribution >= 0.6 is 0 Å². The summed E-state index contributed by atoms with van der Waals surface area (Å²) in [6, 6.07) is 6.49. The molecule has 0 aliphatic heterocycles. The van der Waals surface area contributed by atoms with Gasteiger partial charge < -0.3 is 14.7 Å². The first kappa shape index (κ1) is 18.9. The highest BCUT2D eigenvalue weighted by atomic mass is 19.1. The van der Waals surface area contributed by atoms with Gasteiger partial charge in [-0.1, -0.05) is 31.1 Å². The molecule has 1 heterocycles. The van der Waals surface area contributed by atoms with Crippen LogP contribution in [-0.2, 0) is 13.0 Å². The fourth-order valence-electron chi connectivity index (χ4n) is 2.27. The number of nitrogens with one attached hydrogen (secondary N) is 1. The molecule has 136 valence electrons. The Morgan fingerprint density at radius 1 is 1.32 bits per heavy atom. The molecule has 1 N–H and O–H groups in total. The fourth-order valence-corrected chi connectivity index (χ4v) is 2.27. The summed E-state index contributed by atoms with van der Waals surface area (Å²) in [6.07, 6.45) is 0.596. The SMILES string of the molecule is CCNC(=NCCc1nc(C(C)C)no1)N(C)Cc1ccc(F)cc1. The molecule has 25 heavy (non-hydrogen) atoms. The molecule has 0 fully saturated rings. The van der Waals surface area contributed by atoms with E-state index in [-0.39, 0.29) is 11.7 Å². The summed E-state index contributed by atoms with van der Waals surface area (Å²) in [4.78, 5) is 11.0. The van der Waals surface area contributed by atoms with Crippen LogP contribution in [0.2, 0.25) is 0 Å². The van der Waals surface area contributed by atoms with Crippen LogP contribution in [0.5, 0.6) is 0 Å². The molecule has 1 aromatic heterocycles. The first-order chi connectivity index (χ1) is 12.0. The zero-order chi connectivity index (χ0) is 18.2. The summed E-state index contributed by atoms with van der Waals surface area (Å²) < 4.78 is 18.2. The maximum Gasteiger partial charge on any atom is 0.228 e. The van der Waals surface area contributed by atoms with Crippen molar-refractivity contribution in [2.45, 2.75) is 39.7 Å². The number of halogens is 1. The second-order valence-corrected chi connectivity index (χ2v) is 6.17. The molecule has 1 aromatic carbocycles. The summed E-state index contributed by atoms with van der Waals surface area (Å²) in [6.45, 7) is 8.04. The molecule has 0 spiro atoms. The van der Waals surface area contributed by atoms with E-state index in [0.29, 0.717) is 25.4 Å². The van der Waals surface area contributed by atoms with E-state index in [4.69, 9.17) is 4.52 Å². The van der Waals surface area contributed by atoms with Crippen LogP contribution in [0.15, 0.2) is 33.8 Å². The normalized spacial score (nSPS) is 11.8. The maximum atomic E-state index is 13.0. The molecule has 0 aliphatic rings. The summed E-state index contributed by atoms with van der Waals surface area (Å²) in [7, 11) is 1.95. The van der Waals surface area contributed by atoms with Crippen molar-refractivity contribution in [3.63, 3.8) is 0 Å². The number of guanidine groups is 1. The van der Waals surface area contributed by atoms with Crippen molar-refractivity contribution < 1.29 is 8.91 Å².